The van der Waals surface area contributed by atoms with Crippen LogP contribution in [0, 0.1) is 67.6 Å². The molecule has 0 aliphatic heterocycles. The molecule has 0 bridgehead atoms. The van der Waals surface area contributed by atoms with Gasteiger partial charge >= 0.3 is 0 Å². The third-order valence-electron chi connectivity index (χ3n) is 18.4. The van der Waals surface area contributed by atoms with E-state index < -0.39 is 0 Å². The van der Waals surface area contributed by atoms with E-state index in [4.69, 9.17) is 0 Å². The maximum Gasteiger partial charge on any atom is 0.242 e. The van der Waals surface area contributed by atoms with Crippen LogP contribution in [0.5, 0.6) is 0 Å². The molecule has 0 saturated heterocycles. The van der Waals surface area contributed by atoms with Gasteiger partial charge in [-0.25, -0.2) is 0 Å². The number of aryl methyl sites for hydroxylation is 4. The fourth-order valence-corrected chi connectivity index (χ4v) is 14.0. The van der Waals surface area contributed by atoms with Gasteiger partial charge in [-0.05, 0) is 178 Å². The van der Waals surface area contributed by atoms with Crippen molar-refractivity contribution in [1.82, 2.24) is 4.57 Å². The molecule has 0 saturated carbocycles. The van der Waals surface area contributed by atoms with Crippen molar-refractivity contribution in [1.29, 1.82) is 15.8 Å². The molecule has 0 fully saturated rings. The Kier molecular flexibility index (Phi) is 16.0. The lowest BCUT2D eigenvalue weighted by atomic mass is 9.34. The smallest absolute Gasteiger partial charge is 0.242 e. The van der Waals surface area contributed by atoms with E-state index in [1.165, 1.54) is 16.2 Å². The van der Waals surface area contributed by atoms with Gasteiger partial charge in [0.1, 0.15) is 0 Å². The van der Waals surface area contributed by atoms with E-state index in [0.29, 0.717) is 22.6 Å². The highest BCUT2D eigenvalue weighted by Crippen LogP contribution is 2.47. The van der Waals surface area contributed by atoms with E-state index in [-0.39, 0.29) is 12.1 Å². The van der Waals surface area contributed by atoms with Crippen molar-refractivity contribution in [3.05, 3.63) is 299 Å². The minimum atomic E-state index is -0.331. The van der Waals surface area contributed by atoms with Crippen LogP contribution >= 0.6 is 0 Å². The second kappa shape index (κ2) is 24.6. The molecule has 1 aromatic heterocycles. The SMILES string of the molecule is Cc1cc(-c2cc(C#N)ccc2N(C2=CCCC=C2)c2ccccc2)ccc1B(c1ccc(-c2cc(C#N)cc(C(C)(C)C)c2N(C2=CCC(C)C=C2)c2ccccc2)cc1C)c1c(C)cc(-c2cc(C#N)ccc2-n2c3ccccc3c3ccccc32)cc1C. The summed E-state index contributed by atoms with van der Waals surface area (Å²) in [6, 6.07) is 80.6. The molecule has 6 nitrogen and oxygen atoms in total. The Balaban J connectivity index is 1.02. The second-order valence-electron chi connectivity index (χ2n) is 25.6. The number of anilines is 4. The number of aromatic nitrogens is 1. The fraction of sp³-hybridized carbons (Fsp3) is 0.155. The van der Waals surface area contributed by atoms with Crippen LogP contribution in [-0.4, -0.2) is 11.3 Å². The maximum absolute atomic E-state index is 10.8. The van der Waals surface area contributed by atoms with Gasteiger partial charge in [0.25, 0.3) is 0 Å². The van der Waals surface area contributed by atoms with Crippen LogP contribution in [0.25, 0.3) is 60.9 Å². The first kappa shape index (κ1) is 59.1. The van der Waals surface area contributed by atoms with E-state index in [9.17, 15) is 15.8 Å². The lowest BCUT2D eigenvalue weighted by Gasteiger charge is -2.36. The summed E-state index contributed by atoms with van der Waals surface area (Å²) in [5, 5.41) is 34.2. The van der Waals surface area contributed by atoms with E-state index in [1.807, 2.05) is 30.3 Å². The highest BCUT2D eigenvalue weighted by molar-refractivity contribution is 6.96. The number of benzene rings is 10. The fourth-order valence-electron chi connectivity index (χ4n) is 14.0. The summed E-state index contributed by atoms with van der Waals surface area (Å²) in [6.07, 6.45) is 16.5. The Morgan fingerprint density at radius 3 is 1.56 bits per heavy atom. The molecule has 1 heterocycles. The minimum Gasteiger partial charge on any atom is -0.310 e. The average Bonchev–Trinajstić information content (AvgIpc) is 1.75. The molecular formula is C84H71BN6. The third kappa shape index (κ3) is 11.2. The zero-order valence-corrected chi connectivity index (χ0v) is 53.1. The molecule has 91 heavy (non-hydrogen) atoms. The first-order chi connectivity index (χ1) is 44.2. The summed E-state index contributed by atoms with van der Waals surface area (Å²) >= 11 is 0. The van der Waals surface area contributed by atoms with Crippen LogP contribution in [0.2, 0.25) is 0 Å². The number of hydrogen-bond donors (Lipinski definition) is 0. The summed E-state index contributed by atoms with van der Waals surface area (Å²) in [5.41, 5.74) is 26.1. The number of para-hydroxylation sites is 4. The summed E-state index contributed by atoms with van der Waals surface area (Å²) in [6.45, 7) is 17.7. The Hall–Kier alpha value is -10.9. The topological polar surface area (TPSA) is 82.8 Å². The monoisotopic (exact) mass is 1170 g/mol. The molecule has 2 aliphatic rings. The first-order valence-corrected chi connectivity index (χ1v) is 31.7. The van der Waals surface area contributed by atoms with Crippen LogP contribution in [0.15, 0.2) is 254 Å². The predicted octanol–water partition coefficient (Wildman–Crippen LogP) is 19.4. The van der Waals surface area contributed by atoms with Crippen molar-refractivity contribution in [3.8, 4) is 57.3 Å². The highest BCUT2D eigenvalue weighted by atomic mass is 15.2. The molecule has 2 aliphatic carbocycles. The number of rotatable bonds is 13. The third-order valence-corrected chi connectivity index (χ3v) is 18.4. The van der Waals surface area contributed by atoms with Crippen molar-refractivity contribution in [3.63, 3.8) is 0 Å². The Morgan fingerprint density at radius 2 is 1.01 bits per heavy atom. The van der Waals surface area contributed by atoms with Gasteiger partial charge in [-0.3, -0.25) is 0 Å². The van der Waals surface area contributed by atoms with Crippen LogP contribution in [-0.2, 0) is 5.41 Å². The Morgan fingerprint density at radius 1 is 0.484 bits per heavy atom. The maximum atomic E-state index is 10.8. The van der Waals surface area contributed by atoms with Crippen LogP contribution in [0.1, 0.15) is 91.5 Å². The average molecular weight is 1180 g/mol. The number of nitriles is 3. The molecule has 1 unspecified atom stereocenters. The summed E-state index contributed by atoms with van der Waals surface area (Å²) in [4.78, 5) is 4.73. The number of allylic oxidation sites excluding steroid dienone is 6. The standard InChI is InChI=1S/C84H71BN6/c1-55-32-38-69(39-33-55)90(68-26-16-11-17-27-68)83-74(50-62(54-88)51-75(83)84(6,7)8)64-37-41-77(57(3)45-64)85(76-40-36-63(44-56(76)2)72-48-60(52-86)34-42-80(72)89(66-22-12-9-13-23-66)67-24-14-10-15-25-67)82-58(4)46-65(47-59(82)5)73-49-61(53-87)35-43-81(73)91-78-30-20-18-28-70(78)71-29-19-21-31-79(71)91/h9,11-14,16-32,34-51,55H,10,15,33H2,1-8H3. The van der Waals surface area contributed by atoms with Crippen molar-refractivity contribution in [2.45, 2.75) is 80.1 Å². The molecule has 10 aromatic carbocycles. The van der Waals surface area contributed by atoms with Crippen LogP contribution in [0.4, 0.5) is 22.7 Å². The van der Waals surface area contributed by atoms with Gasteiger partial charge < -0.3 is 14.4 Å². The number of fused-ring (bicyclic) bond motifs is 3. The summed E-state index contributed by atoms with van der Waals surface area (Å²) in [7, 11) is 0. The van der Waals surface area contributed by atoms with Gasteiger partial charge in [0, 0.05) is 50.2 Å². The van der Waals surface area contributed by atoms with Crippen molar-refractivity contribution in [2.24, 2.45) is 5.92 Å². The van der Waals surface area contributed by atoms with Gasteiger partial charge in [-0.2, -0.15) is 15.8 Å². The van der Waals surface area contributed by atoms with Crippen molar-refractivity contribution in [2.75, 3.05) is 9.80 Å². The molecule has 0 spiro atoms. The van der Waals surface area contributed by atoms with E-state index in [1.54, 1.807) is 0 Å². The second-order valence-corrected chi connectivity index (χ2v) is 25.6. The minimum absolute atomic E-state index is 0.238. The lowest BCUT2D eigenvalue weighted by Crippen LogP contribution is -2.55. The van der Waals surface area contributed by atoms with Crippen LogP contribution in [0.3, 0.4) is 0 Å². The number of hydrogen-bond acceptors (Lipinski definition) is 5. The Labute approximate surface area is 536 Å². The number of nitrogens with zero attached hydrogens (tertiary/aromatic N) is 6. The van der Waals surface area contributed by atoms with E-state index in [2.05, 4.69) is 300 Å². The molecule has 13 rings (SSSR count). The first-order valence-electron chi connectivity index (χ1n) is 31.7. The molecule has 7 heteroatoms. The van der Waals surface area contributed by atoms with Crippen LogP contribution < -0.4 is 26.2 Å². The molecule has 0 radical (unpaired) electrons. The van der Waals surface area contributed by atoms with Crippen molar-refractivity contribution >= 4 is 67.7 Å². The normalized spacial score (nSPS) is 13.7. The Bertz CT molecular complexity index is 4880. The quantitative estimate of drug-likeness (QED) is 0.107. The van der Waals surface area contributed by atoms with E-state index in [0.717, 1.165) is 142 Å². The van der Waals surface area contributed by atoms with Gasteiger partial charge in [0.15, 0.2) is 0 Å². The highest BCUT2D eigenvalue weighted by Gasteiger charge is 2.33. The van der Waals surface area contributed by atoms with Crippen molar-refractivity contribution < 1.29 is 0 Å². The summed E-state index contributed by atoms with van der Waals surface area (Å²) in [5.74, 6) is 0.424. The van der Waals surface area contributed by atoms with Gasteiger partial charge in [0.05, 0.1) is 63.0 Å². The summed E-state index contributed by atoms with van der Waals surface area (Å²) < 4.78 is 2.35. The molecular weight excluding hydrogens is 1100 g/mol. The predicted molar refractivity (Wildman–Crippen MR) is 381 cm³/mol. The molecule has 1 atom stereocenters. The lowest BCUT2D eigenvalue weighted by molar-refractivity contribution is 0.590. The molecule has 0 amide bonds. The zero-order valence-electron chi connectivity index (χ0n) is 53.1. The van der Waals surface area contributed by atoms with E-state index >= 15 is 0 Å². The molecule has 0 N–H and O–H groups in total. The zero-order chi connectivity index (χ0) is 63.1. The van der Waals surface area contributed by atoms with Gasteiger partial charge in [-0.1, -0.05) is 212 Å². The van der Waals surface area contributed by atoms with Gasteiger partial charge in [0.2, 0.25) is 6.71 Å². The largest absolute Gasteiger partial charge is 0.310 e. The molecule has 440 valence electrons. The molecule has 11 aromatic rings. The van der Waals surface area contributed by atoms with Gasteiger partial charge in [-0.15, -0.1) is 0 Å².